The fourth-order valence-electron chi connectivity index (χ4n) is 2.80. The van der Waals surface area contributed by atoms with Crippen LogP contribution in [0.4, 0.5) is 0 Å². The van der Waals surface area contributed by atoms with Gasteiger partial charge in [0, 0.05) is 13.1 Å². The van der Waals surface area contributed by atoms with E-state index in [1.807, 2.05) is 0 Å². The smallest absolute Gasteiger partial charge is 0.237 e. The molecule has 0 spiro atoms. The molecule has 1 aliphatic heterocycles. The van der Waals surface area contributed by atoms with Crippen LogP contribution in [-0.4, -0.2) is 25.0 Å². The van der Waals surface area contributed by atoms with E-state index < -0.39 is 0 Å². The Morgan fingerprint density at radius 3 is 2.71 bits per heavy atom. The molecule has 3 atom stereocenters. The number of carbonyl (C=O) groups is 1. The van der Waals surface area contributed by atoms with Crippen LogP contribution in [0, 0.1) is 11.8 Å². The molecule has 14 heavy (non-hydrogen) atoms. The minimum Gasteiger partial charge on any atom is -0.353 e. The summed E-state index contributed by atoms with van der Waals surface area (Å²) < 4.78 is 0. The second kappa shape index (κ2) is 4.30. The molecule has 3 heteroatoms. The summed E-state index contributed by atoms with van der Waals surface area (Å²) in [7, 11) is 0. The molecule has 1 amide bonds. The van der Waals surface area contributed by atoms with E-state index >= 15 is 0 Å². The van der Waals surface area contributed by atoms with Crippen molar-refractivity contribution in [1.29, 1.82) is 0 Å². The lowest BCUT2D eigenvalue weighted by atomic mass is 9.75. The lowest BCUT2D eigenvalue weighted by molar-refractivity contribution is -0.126. The van der Waals surface area contributed by atoms with Gasteiger partial charge in [0.15, 0.2) is 0 Å². The molecule has 2 fully saturated rings. The molecule has 1 saturated heterocycles. The van der Waals surface area contributed by atoms with Crippen LogP contribution in [0.25, 0.3) is 0 Å². The molecule has 0 radical (unpaired) electrons. The highest BCUT2D eigenvalue weighted by molar-refractivity contribution is 5.82. The second-order valence-corrected chi connectivity index (χ2v) is 4.65. The minimum absolute atomic E-state index is 0.0825. The molecule has 2 N–H and O–H groups in total. The Kier molecular flexibility index (Phi) is 3.06. The fraction of sp³-hybridized carbons (Fsp3) is 0.909. The number of hydrogen-bond donors (Lipinski definition) is 2. The van der Waals surface area contributed by atoms with Crippen molar-refractivity contribution in [2.45, 2.75) is 38.6 Å². The molecule has 80 valence electrons. The third-order valence-electron chi connectivity index (χ3n) is 3.68. The molecular formula is C11H20N2O. The molecule has 1 heterocycles. The average Bonchev–Trinajstić information content (AvgIpc) is 2.20. The Labute approximate surface area is 85.6 Å². The summed E-state index contributed by atoms with van der Waals surface area (Å²) in [5.41, 5.74) is 0. The van der Waals surface area contributed by atoms with E-state index in [2.05, 4.69) is 17.6 Å². The van der Waals surface area contributed by atoms with Gasteiger partial charge < -0.3 is 10.6 Å². The van der Waals surface area contributed by atoms with Crippen LogP contribution in [0.1, 0.15) is 32.6 Å². The lowest BCUT2D eigenvalue weighted by Gasteiger charge is -2.37. The first-order valence-electron chi connectivity index (χ1n) is 5.80. The maximum Gasteiger partial charge on any atom is 0.237 e. The number of nitrogens with one attached hydrogen (secondary N) is 2. The van der Waals surface area contributed by atoms with Crippen molar-refractivity contribution in [1.82, 2.24) is 10.6 Å². The van der Waals surface area contributed by atoms with Gasteiger partial charge in [-0.05, 0) is 18.3 Å². The van der Waals surface area contributed by atoms with Crippen LogP contribution >= 0.6 is 0 Å². The molecule has 2 aliphatic rings. The predicted octanol–water partition coefficient (Wildman–Crippen LogP) is 0.901. The zero-order valence-electron chi connectivity index (χ0n) is 8.88. The fourth-order valence-corrected chi connectivity index (χ4v) is 2.80. The molecule has 2 rings (SSSR count). The van der Waals surface area contributed by atoms with Crippen LogP contribution < -0.4 is 10.6 Å². The van der Waals surface area contributed by atoms with Gasteiger partial charge in [0.2, 0.25) is 5.91 Å². The van der Waals surface area contributed by atoms with Crippen molar-refractivity contribution < 1.29 is 4.79 Å². The first-order chi connectivity index (χ1) is 6.79. The Bertz CT molecular complexity index is 217. The summed E-state index contributed by atoms with van der Waals surface area (Å²) >= 11 is 0. The van der Waals surface area contributed by atoms with Gasteiger partial charge in [0.05, 0.1) is 6.04 Å². The van der Waals surface area contributed by atoms with E-state index in [-0.39, 0.29) is 11.9 Å². The molecular weight excluding hydrogens is 176 g/mol. The summed E-state index contributed by atoms with van der Waals surface area (Å²) in [6.07, 6.45) is 5.13. The van der Waals surface area contributed by atoms with Crippen LogP contribution in [0.15, 0.2) is 0 Å². The minimum atomic E-state index is 0.0825. The predicted molar refractivity (Wildman–Crippen MR) is 55.9 cm³/mol. The van der Waals surface area contributed by atoms with Gasteiger partial charge in [-0.15, -0.1) is 0 Å². The first-order valence-corrected chi connectivity index (χ1v) is 5.80. The van der Waals surface area contributed by atoms with Crippen molar-refractivity contribution in [3.8, 4) is 0 Å². The molecule has 3 nitrogen and oxygen atoms in total. The Hall–Kier alpha value is -0.570. The van der Waals surface area contributed by atoms with Crippen molar-refractivity contribution in [2.24, 2.45) is 11.8 Å². The van der Waals surface area contributed by atoms with Crippen molar-refractivity contribution in [2.75, 3.05) is 13.1 Å². The molecule has 0 aromatic carbocycles. The molecule has 1 saturated carbocycles. The van der Waals surface area contributed by atoms with Crippen LogP contribution in [0.3, 0.4) is 0 Å². The maximum atomic E-state index is 11.7. The largest absolute Gasteiger partial charge is 0.353 e. The second-order valence-electron chi connectivity index (χ2n) is 4.65. The molecule has 0 bridgehead atoms. The zero-order valence-corrected chi connectivity index (χ0v) is 8.88. The van der Waals surface area contributed by atoms with E-state index in [0.29, 0.717) is 11.8 Å². The van der Waals surface area contributed by atoms with Gasteiger partial charge in [0.25, 0.3) is 0 Å². The van der Waals surface area contributed by atoms with E-state index in [1.54, 1.807) is 0 Å². The van der Waals surface area contributed by atoms with Gasteiger partial charge in [-0.2, -0.15) is 0 Å². The van der Waals surface area contributed by atoms with E-state index in [4.69, 9.17) is 0 Å². The SMILES string of the molecule is CC1CCCCC1C1NCCNC1=O. The van der Waals surface area contributed by atoms with Crippen molar-refractivity contribution >= 4 is 5.91 Å². The zero-order chi connectivity index (χ0) is 9.97. The van der Waals surface area contributed by atoms with Crippen LogP contribution in [0.2, 0.25) is 0 Å². The van der Waals surface area contributed by atoms with Gasteiger partial charge in [-0.1, -0.05) is 26.2 Å². The van der Waals surface area contributed by atoms with Gasteiger partial charge in [-0.3, -0.25) is 4.79 Å². The van der Waals surface area contributed by atoms with Crippen LogP contribution in [0.5, 0.6) is 0 Å². The third kappa shape index (κ3) is 1.92. The summed E-state index contributed by atoms with van der Waals surface area (Å²) in [5.74, 6) is 1.48. The summed E-state index contributed by atoms with van der Waals surface area (Å²) in [6.45, 7) is 4.00. The van der Waals surface area contributed by atoms with E-state index in [0.717, 1.165) is 13.1 Å². The van der Waals surface area contributed by atoms with Gasteiger partial charge in [-0.25, -0.2) is 0 Å². The lowest BCUT2D eigenvalue weighted by Crippen LogP contribution is -2.57. The molecule has 1 aliphatic carbocycles. The average molecular weight is 196 g/mol. The third-order valence-corrected chi connectivity index (χ3v) is 3.68. The molecule has 0 aromatic rings. The number of carbonyl (C=O) groups excluding carboxylic acids is 1. The summed E-state index contributed by atoms with van der Waals surface area (Å²) in [6, 6.07) is 0.0825. The van der Waals surface area contributed by atoms with Gasteiger partial charge in [0.1, 0.15) is 0 Å². The van der Waals surface area contributed by atoms with Crippen molar-refractivity contribution in [3.05, 3.63) is 0 Å². The molecule has 0 aromatic heterocycles. The van der Waals surface area contributed by atoms with Gasteiger partial charge >= 0.3 is 0 Å². The topological polar surface area (TPSA) is 41.1 Å². The van der Waals surface area contributed by atoms with Crippen LogP contribution in [-0.2, 0) is 4.79 Å². The monoisotopic (exact) mass is 196 g/mol. The first kappa shape index (κ1) is 9.97. The molecule has 3 unspecified atom stereocenters. The number of amides is 1. The Balaban J connectivity index is 2.00. The summed E-state index contributed by atoms with van der Waals surface area (Å²) in [4.78, 5) is 11.7. The highest BCUT2D eigenvalue weighted by Crippen LogP contribution is 2.32. The number of piperazine rings is 1. The number of hydrogen-bond acceptors (Lipinski definition) is 2. The summed E-state index contributed by atoms with van der Waals surface area (Å²) in [5, 5.41) is 6.31. The Morgan fingerprint density at radius 1 is 1.21 bits per heavy atom. The number of rotatable bonds is 1. The normalized spacial score (nSPS) is 39.2. The van der Waals surface area contributed by atoms with E-state index in [9.17, 15) is 4.79 Å². The van der Waals surface area contributed by atoms with E-state index in [1.165, 1.54) is 25.7 Å². The highest BCUT2D eigenvalue weighted by atomic mass is 16.2. The highest BCUT2D eigenvalue weighted by Gasteiger charge is 2.34. The maximum absolute atomic E-state index is 11.7. The van der Waals surface area contributed by atoms with Crippen molar-refractivity contribution in [3.63, 3.8) is 0 Å². The Morgan fingerprint density at radius 2 is 2.00 bits per heavy atom. The quantitative estimate of drug-likeness (QED) is 0.654. The standard InChI is InChI=1S/C11H20N2O/c1-8-4-2-3-5-9(8)10-11(14)13-7-6-12-10/h8-10,12H,2-7H2,1H3,(H,13,14).